The number of ether oxygens (including phenoxy) is 1. The summed E-state index contributed by atoms with van der Waals surface area (Å²) in [5.74, 6) is 2.19. The van der Waals surface area contributed by atoms with Gasteiger partial charge in [0.05, 0.1) is 24.4 Å². The molecule has 6 nitrogen and oxygen atoms in total. The molecule has 0 spiro atoms. The van der Waals surface area contributed by atoms with E-state index < -0.39 is 0 Å². The van der Waals surface area contributed by atoms with Crippen LogP contribution in [-0.4, -0.2) is 32.6 Å². The van der Waals surface area contributed by atoms with Crippen LogP contribution in [0.15, 0.2) is 61.1 Å². The summed E-state index contributed by atoms with van der Waals surface area (Å²) >= 11 is 6.35. The molecule has 0 aliphatic heterocycles. The number of hydrogen-bond acceptors (Lipinski definition) is 5. The van der Waals surface area contributed by atoms with Crippen molar-refractivity contribution in [3.8, 4) is 17.0 Å². The van der Waals surface area contributed by atoms with Gasteiger partial charge in [-0.3, -0.25) is 0 Å². The van der Waals surface area contributed by atoms with Gasteiger partial charge in [0.25, 0.3) is 0 Å². The Labute approximate surface area is 204 Å². The maximum absolute atomic E-state index is 9.85. The number of methoxy groups -OCH3 is 1. The zero-order chi connectivity index (χ0) is 23.5. The van der Waals surface area contributed by atoms with Gasteiger partial charge in [0.2, 0.25) is 0 Å². The maximum atomic E-state index is 9.85. The number of hydrogen-bond donors (Lipinski definition) is 2. The number of aliphatic hydroxyl groups is 1. The Morgan fingerprint density at radius 1 is 1.15 bits per heavy atom. The Kier molecular flexibility index (Phi) is 6.70. The van der Waals surface area contributed by atoms with E-state index in [-0.39, 0.29) is 6.61 Å². The van der Waals surface area contributed by atoms with Crippen molar-refractivity contribution < 1.29 is 9.84 Å². The van der Waals surface area contributed by atoms with Crippen LogP contribution in [0.25, 0.3) is 16.9 Å². The quantitative estimate of drug-likeness (QED) is 0.354. The van der Waals surface area contributed by atoms with Crippen molar-refractivity contribution in [3.63, 3.8) is 0 Å². The molecule has 176 valence electrons. The minimum absolute atomic E-state index is 0.111. The van der Waals surface area contributed by atoms with E-state index in [1.165, 1.54) is 31.2 Å². The molecule has 0 atom stereocenters. The Balaban J connectivity index is 1.27. The van der Waals surface area contributed by atoms with Crippen LogP contribution >= 0.6 is 11.6 Å². The Hall–Kier alpha value is -3.09. The van der Waals surface area contributed by atoms with Gasteiger partial charge in [-0.25, -0.2) is 9.97 Å². The molecule has 1 saturated carbocycles. The first-order chi connectivity index (χ1) is 16.6. The first kappa shape index (κ1) is 22.7. The summed E-state index contributed by atoms with van der Waals surface area (Å²) in [5.41, 5.74) is 4.54. The lowest BCUT2D eigenvalue weighted by atomic mass is 9.82. The molecule has 7 heteroatoms. The average molecular weight is 477 g/mol. The molecule has 1 aromatic carbocycles. The summed E-state index contributed by atoms with van der Waals surface area (Å²) in [6.45, 7) is -0.111. The lowest BCUT2D eigenvalue weighted by molar-refractivity contribution is 0.281. The highest BCUT2D eigenvalue weighted by Gasteiger charge is 2.22. The molecule has 0 radical (unpaired) electrons. The summed E-state index contributed by atoms with van der Waals surface area (Å²) in [6, 6.07) is 14.4. The van der Waals surface area contributed by atoms with E-state index in [0.29, 0.717) is 22.7 Å². The SMILES string of the molecule is COc1cc(CO)c(-c2cn3ccc(CC4CCC(Nc5ccccn5)CC4)cc3n2)cc1Cl. The molecular weight excluding hydrogens is 448 g/mol. The molecule has 0 bridgehead atoms. The van der Waals surface area contributed by atoms with Crippen LogP contribution in [0.3, 0.4) is 0 Å². The second-order valence-corrected chi connectivity index (χ2v) is 9.42. The fourth-order valence-electron chi connectivity index (χ4n) is 4.90. The van der Waals surface area contributed by atoms with Crippen LogP contribution in [0.2, 0.25) is 5.02 Å². The Morgan fingerprint density at radius 3 is 2.74 bits per heavy atom. The molecular formula is C27H29ClN4O2. The van der Waals surface area contributed by atoms with Crippen LogP contribution < -0.4 is 10.1 Å². The van der Waals surface area contributed by atoms with E-state index in [1.807, 2.05) is 41.1 Å². The fraction of sp³-hybridized carbons (Fsp3) is 0.333. The molecule has 3 aromatic heterocycles. The van der Waals surface area contributed by atoms with Gasteiger partial charge in [0.15, 0.2) is 0 Å². The number of rotatable bonds is 7. The summed E-state index contributed by atoms with van der Waals surface area (Å²) in [4.78, 5) is 9.23. The smallest absolute Gasteiger partial charge is 0.137 e. The van der Waals surface area contributed by atoms with Crippen molar-refractivity contribution >= 4 is 23.1 Å². The highest BCUT2D eigenvalue weighted by Crippen LogP contribution is 2.34. The minimum atomic E-state index is -0.111. The molecule has 1 aliphatic rings. The van der Waals surface area contributed by atoms with Crippen LogP contribution in [0.1, 0.15) is 36.8 Å². The fourth-order valence-corrected chi connectivity index (χ4v) is 5.14. The van der Waals surface area contributed by atoms with Gasteiger partial charge < -0.3 is 19.6 Å². The lowest BCUT2D eigenvalue weighted by Crippen LogP contribution is -2.27. The number of pyridine rings is 2. The molecule has 0 saturated heterocycles. The summed E-state index contributed by atoms with van der Waals surface area (Å²) in [6.07, 6.45) is 11.7. The van der Waals surface area contributed by atoms with Crippen molar-refractivity contribution in [2.45, 2.75) is 44.8 Å². The molecule has 5 rings (SSSR count). The average Bonchev–Trinajstić information content (AvgIpc) is 3.29. The van der Waals surface area contributed by atoms with Crippen molar-refractivity contribution in [1.82, 2.24) is 14.4 Å². The number of aliphatic hydroxyl groups excluding tert-OH is 1. The monoisotopic (exact) mass is 476 g/mol. The normalized spacial score (nSPS) is 18.2. The molecule has 2 N–H and O–H groups in total. The Bertz CT molecular complexity index is 1270. The molecule has 34 heavy (non-hydrogen) atoms. The third-order valence-corrected chi connectivity index (χ3v) is 7.03. The zero-order valence-electron chi connectivity index (χ0n) is 19.2. The number of halogens is 1. The second kappa shape index (κ2) is 10.0. The van der Waals surface area contributed by atoms with Gasteiger partial charge in [-0.1, -0.05) is 17.7 Å². The van der Waals surface area contributed by atoms with E-state index in [1.54, 1.807) is 13.2 Å². The lowest BCUT2D eigenvalue weighted by Gasteiger charge is -2.29. The van der Waals surface area contributed by atoms with Crippen molar-refractivity contribution in [1.29, 1.82) is 0 Å². The number of benzene rings is 1. The van der Waals surface area contributed by atoms with Gasteiger partial charge in [-0.05, 0) is 85.5 Å². The third-order valence-electron chi connectivity index (χ3n) is 6.74. The predicted octanol–water partition coefficient (Wildman–Crippen LogP) is 5.76. The zero-order valence-corrected chi connectivity index (χ0v) is 20.0. The van der Waals surface area contributed by atoms with Crippen molar-refractivity contribution in [2.75, 3.05) is 12.4 Å². The van der Waals surface area contributed by atoms with E-state index >= 15 is 0 Å². The number of imidazole rings is 1. The van der Waals surface area contributed by atoms with E-state index in [4.69, 9.17) is 21.3 Å². The summed E-state index contributed by atoms with van der Waals surface area (Å²) in [7, 11) is 1.57. The van der Waals surface area contributed by atoms with Crippen LogP contribution in [-0.2, 0) is 13.0 Å². The molecule has 4 aromatic rings. The highest BCUT2D eigenvalue weighted by molar-refractivity contribution is 6.32. The van der Waals surface area contributed by atoms with E-state index in [0.717, 1.165) is 34.7 Å². The van der Waals surface area contributed by atoms with E-state index in [9.17, 15) is 5.11 Å². The molecule has 0 unspecified atom stereocenters. The van der Waals surface area contributed by atoms with Crippen molar-refractivity contribution in [2.24, 2.45) is 5.92 Å². The largest absolute Gasteiger partial charge is 0.495 e. The van der Waals surface area contributed by atoms with Gasteiger partial charge in [-0.15, -0.1) is 0 Å². The first-order valence-corrected chi connectivity index (χ1v) is 12.1. The van der Waals surface area contributed by atoms with Gasteiger partial charge in [-0.2, -0.15) is 0 Å². The molecule has 3 heterocycles. The Morgan fingerprint density at radius 2 is 2.00 bits per heavy atom. The molecule has 1 fully saturated rings. The van der Waals surface area contributed by atoms with Gasteiger partial charge >= 0.3 is 0 Å². The molecule has 1 aliphatic carbocycles. The standard InChI is InChI=1S/C27H29ClN4O2/c1-34-25-14-20(17-33)22(15-23(25)28)24-16-32-11-9-19(13-27(32)31-24)12-18-5-7-21(8-6-18)30-26-4-2-3-10-29-26/h2-4,9-11,13-16,18,21,33H,5-8,12,17H2,1H3,(H,29,30). The maximum Gasteiger partial charge on any atom is 0.137 e. The first-order valence-electron chi connectivity index (χ1n) is 11.8. The predicted molar refractivity (Wildman–Crippen MR) is 135 cm³/mol. The van der Waals surface area contributed by atoms with Gasteiger partial charge in [0, 0.05) is 30.2 Å². The van der Waals surface area contributed by atoms with Gasteiger partial charge in [0.1, 0.15) is 17.2 Å². The number of anilines is 1. The van der Waals surface area contributed by atoms with E-state index in [2.05, 4.69) is 28.6 Å². The molecule has 0 amide bonds. The third kappa shape index (κ3) is 4.88. The van der Waals surface area contributed by atoms with Crippen LogP contribution in [0.5, 0.6) is 5.75 Å². The topological polar surface area (TPSA) is 71.7 Å². The number of nitrogens with zero attached hydrogens (tertiary/aromatic N) is 3. The highest BCUT2D eigenvalue weighted by atomic mass is 35.5. The van der Waals surface area contributed by atoms with Crippen LogP contribution in [0.4, 0.5) is 5.82 Å². The van der Waals surface area contributed by atoms with Crippen molar-refractivity contribution in [3.05, 3.63) is 77.2 Å². The number of fused-ring (bicyclic) bond motifs is 1. The minimum Gasteiger partial charge on any atom is -0.495 e. The second-order valence-electron chi connectivity index (χ2n) is 9.01. The summed E-state index contributed by atoms with van der Waals surface area (Å²) < 4.78 is 7.31. The van der Waals surface area contributed by atoms with Crippen LogP contribution in [0, 0.1) is 5.92 Å². The number of aromatic nitrogens is 3. The summed E-state index contributed by atoms with van der Waals surface area (Å²) in [5, 5.41) is 13.9. The number of nitrogens with one attached hydrogen (secondary N) is 1.